The molecule has 12 heteroatoms. The summed E-state index contributed by atoms with van der Waals surface area (Å²) in [7, 11) is 12.9. The maximum atomic E-state index is 14.4. The maximum absolute atomic E-state index is 14.4. The lowest BCUT2D eigenvalue weighted by Crippen LogP contribution is -2.42. The number of carbonyl (C=O) groups is 1. The number of nitrogens with one attached hydrogen (secondary N) is 1. The number of aliphatic hydroxyl groups is 1. The summed E-state index contributed by atoms with van der Waals surface area (Å²) in [6.07, 6.45) is -4.58. The highest BCUT2D eigenvalue weighted by Gasteiger charge is 2.37. The summed E-state index contributed by atoms with van der Waals surface area (Å²) >= 11 is 0. The fraction of sp³-hybridized carbons (Fsp3) is 0.333. The molecule has 1 fully saturated rings. The molecule has 1 aliphatic rings. The minimum Gasteiger partial charge on any atom is -0.384 e. The van der Waals surface area contributed by atoms with E-state index in [0.29, 0.717) is 25.0 Å². The number of rotatable bonds is 6. The number of aryl methyl sites for hydroxylation is 2. The first-order chi connectivity index (χ1) is 19.7. The molecule has 0 bridgehead atoms. The first-order valence-electron chi connectivity index (χ1n) is 13.4. The molecule has 0 aliphatic heterocycles. The Hall–Kier alpha value is -3.63. The second kappa shape index (κ2) is 11.2. The highest BCUT2D eigenvalue weighted by molar-refractivity contribution is 6.37. The van der Waals surface area contributed by atoms with E-state index in [0.717, 1.165) is 39.6 Å². The molecule has 0 saturated heterocycles. The zero-order valence-electron chi connectivity index (χ0n) is 23.0. The number of hydrogen-bond donors (Lipinski definition) is 2. The van der Waals surface area contributed by atoms with E-state index in [1.807, 2.05) is 61.0 Å². The van der Waals surface area contributed by atoms with Crippen molar-refractivity contribution in [1.82, 2.24) is 9.55 Å². The molecule has 1 heterocycles. The highest BCUT2D eigenvalue weighted by atomic mass is 19.4. The van der Waals surface area contributed by atoms with Crippen LogP contribution in [0.5, 0.6) is 0 Å². The third kappa shape index (κ3) is 6.55. The zero-order chi connectivity index (χ0) is 30.4. The number of hydrogen-bond acceptors (Lipinski definition) is 4. The van der Waals surface area contributed by atoms with Crippen LogP contribution in [0.1, 0.15) is 42.1 Å². The number of benzene rings is 3. The summed E-state index contributed by atoms with van der Waals surface area (Å²) in [5.74, 6) is -1.83. The summed E-state index contributed by atoms with van der Waals surface area (Å²) in [5.41, 5.74) is 0.818. The van der Waals surface area contributed by atoms with Gasteiger partial charge in [0, 0.05) is 13.0 Å². The van der Waals surface area contributed by atoms with Gasteiger partial charge in [0.15, 0.2) is 0 Å². The van der Waals surface area contributed by atoms with Crippen molar-refractivity contribution < 1.29 is 32.2 Å². The second-order valence-electron chi connectivity index (χ2n) is 10.8. The fourth-order valence-electron chi connectivity index (χ4n) is 5.59. The van der Waals surface area contributed by atoms with Gasteiger partial charge in [0.05, 0.1) is 34.0 Å². The normalized spacial score (nSPS) is 19.6. The number of amides is 1. The van der Waals surface area contributed by atoms with Crippen molar-refractivity contribution >= 4 is 38.3 Å². The van der Waals surface area contributed by atoms with Crippen LogP contribution in [0.15, 0.2) is 60.7 Å². The van der Waals surface area contributed by atoms with Crippen molar-refractivity contribution in [3.8, 4) is 11.1 Å². The monoisotopic (exact) mass is 575 g/mol. The van der Waals surface area contributed by atoms with E-state index in [2.05, 4.69) is 10.3 Å². The molecule has 0 spiro atoms. The van der Waals surface area contributed by atoms with E-state index in [1.54, 1.807) is 0 Å². The number of alkyl halides is 3. The quantitative estimate of drug-likeness (QED) is 0.180. The van der Waals surface area contributed by atoms with Gasteiger partial charge < -0.3 is 19.7 Å². The van der Waals surface area contributed by atoms with E-state index in [-0.39, 0.29) is 18.0 Å². The Bertz CT molecular complexity index is 1620. The second-order valence-corrected chi connectivity index (χ2v) is 10.8. The molecule has 3 unspecified atom stereocenters. The van der Waals surface area contributed by atoms with Gasteiger partial charge in [-0.05, 0) is 79.1 Å². The molecule has 1 amide bonds. The minimum absolute atomic E-state index is 0.114. The molecular weight excluding hydrogens is 548 g/mol. The summed E-state index contributed by atoms with van der Waals surface area (Å²) in [6, 6.07) is 15.8. The standard InChI is InChI=1S/C30H27B2F4N3O3/c1-16-37-26-14-19(7-10-27(26)39(16)2)17-3-5-18(6-4-17)20-11-21(13-23(12-20)42-30(31,32)41)28(40)38-25-9-8-22(15-24(25)33)29(34,35)36/h3-10,14-15,20-21,23,41H,11-13H2,1-2H3,(H,38,40). The fourth-order valence-corrected chi connectivity index (χ4v) is 5.59. The lowest BCUT2D eigenvalue weighted by atomic mass is 9.73. The summed E-state index contributed by atoms with van der Waals surface area (Å²) < 4.78 is 60.6. The van der Waals surface area contributed by atoms with Crippen LogP contribution in [0.25, 0.3) is 22.2 Å². The highest BCUT2D eigenvalue weighted by Crippen LogP contribution is 2.40. The smallest absolute Gasteiger partial charge is 0.384 e. The van der Waals surface area contributed by atoms with Crippen molar-refractivity contribution in [2.75, 3.05) is 5.32 Å². The van der Waals surface area contributed by atoms with Crippen LogP contribution >= 0.6 is 0 Å². The van der Waals surface area contributed by atoms with Crippen LogP contribution in [0.4, 0.5) is 23.2 Å². The summed E-state index contributed by atoms with van der Waals surface area (Å²) in [6.45, 7) is 1.94. The van der Waals surface area contributed by atoms with E-state index in [1.165, 1.54) is 0 Å². The van der Waals surface area contributed by atoms with E-state index in [4.69, 9.17) is 20.4 Å². The molecular formula is C30H27B2F4N3O3. The number of imidazole rings is 1. The SMILES string of the molecule is [B]C([B])(O)OC1CC(C(=O)Nc2ccc(C(F)(F)F)cc2F)CC(c2ccc(-c3ccc4c(c3)nc(C)n4C)cc2)C1. The van der Waals surface area contributed by atoms with Crippen molar-refractivity contribution in [3.05, 3.63) is 83.4 Å². The Morgan fingerprint density at radius 3 is 2.36 bits per heavy atom. The Morgan fingerprint density at radius 1 is 1.02 bits per heavy atom. The van der Waals surface area contributed by atoms with Crippen molar-refractivity contribution in [1.29, 1.82) is 0 Å². The van der Waals surface area contributed by atoms with Gasteiger partial charge in [0.2, 0.25) is 5.91 Å². The summed E-state index contributed by atoms with van der Waals surface area (Å²) in [5, 5.41) is 12.3. The Labute approximate surface area is 242 Å². The van der Waals surface area contributed by atoms with Gasteiger partial charge in [0.1, 0.15) is 27.3 Å². The number of ether oxygens (including phenoxy) is 1. The number of nitrogens with zero attached hydrogens (tertiary/aromatic N) is 2. The lowest BCUT2D eigenvalue weighted by molar-refractivity contribution is -0.140. The lowest BCUT2D eigenvalue weighted by Gasteiger charge is -2.37. The third-order valence-electron chi connectivity index (χ3n) is 7.76. The van der Waals surface area contributed by atoms with Gasteiger partial charge >= 0.3 is 6.18 Å². The number of halogens is 4. The molecule has 3 aromatic carbocycles. The van der Waals surface area contributed by atoms with Crippen LogP contribution in [-0.4, -0.2) is 47.9 Å². The molecule has 6 nitrogen and oxygen atoms in total. The van der Waals surface area contributed by atoms with E-state index < -0.39 is 41.1 Å². The predicted octanol–water partition coefficient (Wildman–Crippen LogP) is 5.55. The van der Waals surface area contributed by atoms with E-state index in [9.17, 15) is 27.5 Å². The third-order valence-corrected chi connectivity index (χ3v) is 7.76. The van der Waals surface area contributed by atoms with Gasteiger partial charge in [-0.3, -0.25) is 4.79 Å². The van der Waals surface area contributed by atoms with Crippen molar-refractivity contribution in [3.63, 3.8) is 0 Å². The molecule has 4 aromatic rings. The average molecular weight is 575 g/mol. The zero-order valence-corrected chi connectivity index (χ0v) is 23.0. The number of fused-ring (bicyclic) bond motifs is 1. The van der Waals surface area contributed by atoms with Crippen LogP contribution < -0.4 is 5.32 Å². The average Bonchev–Trinajstić information content (AvgIpc) is 3.20. The molecule has 4 radical (unpaired) electrons. The van der Waals surface area contributed by atoms with Crippen LogP contribution in [-0.2, 0) is 22.8 Å². The van der Waals surface area contributed by atoms with Crippen molar-refractivity contribution in [2.45, 2.75) is 50.0 Å². The molecule has 1 saturated carbocycles. The van der Waals surface area contributed by atoms with Gasteiger partial charge in [-0.2, -0.15) is 13.2 Å². The molecule has 2 N–H and O–H groups in total. The first-order valence-corrected chi connectivity index (χ1v) is 13.4. The Balaban J connectivity index is 1.36. The topological polar surface area (TPSA) is 76.4 Å². The van der Waals surface area contributed by atoms with Gasteiger partial charge in [-0.1, -0.05) is 30.3 Å². The maximum Gasteiger partial charge on any atom is 0.416 e. The molecule has 3 atom stereocenters. The van der Waals surface area contributed by atoms with Crippen LogP contribution in [0, 0.1) is 18.7 Å². The predicted molar refractivity (Wildman–Crippen MR) is 152 cm³/mol. The minimum atomic E-state index is -4.72. The van der Waals surface area contributed by atoms with Crippen LogP contribution in [0.2, 0.25) is 0 Å². The van der Waals surface area contributed by atoms with Gasteiger partial charge in [0.25, 0.3) is 0 Å². The Morgan fingerprint density at radius 2 is 1.71 bits per heavy atom. The number of carbonyl (C=O) groups excluding carboxylic acids is 1. The molecule has 42 heavy (non-hydrogen) atoms. The number of anilines is 1. The van der Waals surface area contributed by atoms with Crippen LogP contribution in [0.3, 0.4) is 0 Å². The largest absolute Gasteiger partial charge is 0.416 e. The molecule has 214 valence electrons. The molecule has 1 aliphatic carbocycles. The first kappa shape index (κ1) is 29.8. The summed E-state index contributed by atoms with van der Waals surface area (Å²) in [4.78, 5) is 17.8. The molecule has 5 rings (SSSR count). The van der Waals surface area contributed by atoms with Gasteiger partial charge in [-0.15, -0.1) is 0 Å². The number of aromatic nitrogens is 2. The molecule has 1 aromatic heterocycles. The van der Waals surface area contributed by atoms with Gasteiger partial charge in [-0.25, -0.2) is 9.37 Å². The van der Waals surface area contributed by atoms with E-state index >= 15 is 0 Å². The Kier molecular flexibility index (Phi) is 7.98. The van der Waals surface area contributed by atoms with Crippen molar-refractivity contribution in [2.24, 2.45) is 13.0 Å².